The third-order valence-corrected chi connectivity index (χ3v) is 1.06. The number of hydrogen-bond acceptors (Lipinski definition) is 4. The molecule has 4 nitrogen and oxygen atoms in total. The number of rotatable bonds is 1. The van der Waals surface area contributed by atoms with Crippen LogP contribution in [-0.2, 0) is 6.42 Å². The predicted molar refractivity (Wildman–Crippen MR) is 36.1 cm³/mol. The van der Waals surface area contributed by atoms with E-state index in [0.717, 1.165) is 0 Å². The second-order valence-electron chi connectivity index (χ2n) is 1.80. The van der Waals surface area contributed by atoms with Gasteiger partial charge in [-0.1, -0.05) is 0 Å². The van der Waals surface area contributed by atoms with Crippen LogP contribution >= 0.6 is 0 Å². The zero-order chi connectivity index (χ0) is 8.10. The van der Waals surface area contributed by atoms with Gasteiger partial charge in [-0.05, 0) is 6.07 Å². The molecule has 11 heavy (non-hydrogen) atoms. The van der Waals surface area contributed by atoms with E-state index in [1.54, 1.807) is 0 Å². The summed E-state index contributed by atoms with van der Waals surface area (Å²) in [6, 6.07) is 5.27. The molecule has 1 rings (SSSR count). The van der Waals surface area contributed by atoms with Crippen LogP contribution in [0.2, 0.25) is 0 Å². The SMILES string of the molecule is N#CCc1nccc(C#N)n1. The summed E-state index contributed by atoms with van der Waals surface area (Å²) >= 11 is 0. The van der Waals surface area contributed by atoms with Crippen LogP contribution in [0.25, 0.3) is 0 Å². The van der Waals surface area contributed by atoms with Crippen LogP contribution in [0.3, 0.4) is 0 Å². The van der Waals surface area contributed by atoms with Gasteiger partial charge in [0.15, 0.2) is 0 Å². The average molecular weight is 144 g/mol. The summed E-state index contributed by atoms with van der Waals surface area (Å²) in [5.41, 5.74) is 0.297. The summed E-state index contributed by atoms with van der Waals surface area (Å²) in [5.74, 6) is 0.395. The average Bonchev–Trinajstić information content (AvgIpc) is 2.06. The molecule has 0 N–H and O–H groups in total. The highest BCUT2D eigenvalue weighted by Gasteiger charge is 1.95. The van der Waals surface area contributed by atoms with E-state index in [0.29, 0.717) is 11.5 Å². The Hall–Kier alpha value is -1.94. The lowest BCUT2D eigenvalue weighted by Crippen LogP contribution is -1.94. The van der Waals surface area contributed by atoms with Gasteiger partial charge in [-0.25, -0.2) is 9.97 Å². The van der Waals surface area contributed by atoms with E-state index in [4.69, 9.17) is 10.5 Å². The maximum Gasteiger partial charge on any atom is 0.144 e. The lowest BCUT2D eigenvalue weighted by atomic mass is 10.4. The molecule has 0 aromatic carbocycles. The van der Waals surface area contributed by atoms with E-state index in [2.05, 4.69) is 9.97 Å². The molecule has 0 radical (unpaired) electrons. The summed E-state index contributed by atoms with van der Waals surface area (Å²) in [6.45, 7) is 0. The summed E-state index contributed by atoms with van der Waals surface area (Å²) in [7, 11) is 0. The first-order valence-corrected chi connectivity index (χ1v) is 2.96. The molecule has 0 aliphatic rings. The normalized spacial score (nSPS) is 8.18. The van der Waals surface area contributed by atoms with E-state index in [1.807, 2.05) is 12.1 Å². The Balaban J connectivity index is 2.96. The quantitative estimate of drug-likeness (QED) is 0.572. The maximum atomic E-state index is 8.41. The summed E-state index contributed by atoms with van der Waals surface area (Å²) < 4.78 is 0. The molecule has 0 amide bonds. The lowest BCUT2D eigenvalue weighted by Gasteiger charge is -1.90. The first kappa shape index (κ1) is 7.17. The molecule has 1 heterocycles. The Labute approximate surface area is 63.8 Å². The van der Waals surface area contributed by atoms with Crippen LogP contribution in [-0.4, -0.2) is 9.97 Å². The highest BCUT2D eigenvalue weighted by molar-refractivity contribution is 5.18. The molecule has 0 fully saturated rings. The predicted octanol–water partition coefficient (Wildman–Crippen LogP) is 0.414. The summed E-state index contributed by atoms with van der Waals surface area (Å²) in [6.07, 6.45) is 1.62. The minimum atomic E-state index is 0.148. The molecule has 52 valence electrons. The van der Waals surface area contributed by atoms with Gasteiger partial charge in [0.25, 0.3) is 0 Å². The largest absolute Gasteiger partial charge is 0.240 e. The van der Waals surface area contributed by atoms with E-state index in [-0.39, 0.29) is 6.42 Å². The van der Waals surface area contributed by atoms with Gasteiger partial charge in [0.05, 0.1) is 12.5 Å². The second-order valence-corrected chi connectivity index (χ2v) is 1.80. The molecule has 0 atom stereocenters. The van der Waals surface area contributed by atoms with Crippen LogP contribution in [0.15, 0.2) is 12.3 Å². The molecule has 1 aromatic heterocycles. The Morgan fingerprint density at radius 2 is 2.27 bits per heavy atom. The van der Waals surface area contributed by atoms with Gasteiger partial charge in [0.2, 0.25) is 0 Å². The Bertz CT molecular complexity index is 331. The molecule has 0 aliphatic carbocycles. The molecular formula is C7H4N4. The molecule has 1 aromatic rings. The van der Waals surface area contributed by atoms with Crippen molar-refractivity contribution in [3.05, 3.63) is 23.8 Å². The highest BCUT2D eigenvalue weighted by Crippen LogP contribution is 1.93. The lowest BCUT2D eigenvalue weighted by molar-refractivity contribution is 0.982. The standard InChI is InChI=1S/C7H4N4/c8-3-1-7-10-4-2-6(5-9)11-7/h2,4H,1H2. The van der Waals surface area contributed by atoms with Crippen LogP contribution in [0.1, 0.15) is 11.5 Å². The monoisotopic (exact) mass is 144 g/mol. The zero-order valence-electron chi connectivity index (χ0n) is 5.65. The number of nitriles is 2. The van der Waals surface area contributed by atoms with Gasteiger partial charge >= 0.3 is 0 Å². The minimum Gasteiger partial charge on any atom is -0.240 e. The number of aromatic nitrogens is 2. The van der Waals surface area contributed by atoms with Crippen LogP contribution in [0.5, 0.6) is 0 Å². The Kier molecular flexibility index (Phi) is 2.14. The number of nitrogens with zero attached hydrogens (tertiary/aromatic N) is 4. The first-order chi connectivity index (χ1) is 5.36. The molecule has 4 heteroatoms. The summed E-state index contributed by atoms with van der Waals surface area (Å²) in [5, 5.41) is 16.7. The second kappa shape index (κ2) is 3.28. The van der Waals surface area contributed by atoms with E-state index in [9.17, 15) is 0 Å². The highest BCUT2D eigenvalue weighted by atomic mass is 14.9. The maximum absolute atomic E-state index is 8.41. The van der Waals surface area contributed by atoms with E-state index in [1.165, 1.54) is 12.3 Å². The van der Waals surface area contributed by atoms with Gasteiger partial charge in [-0.15, -0.1) is 0 Å². The summed E-state index contributed by atoms with van der Waals surface area (Å²) in [4.78, 5) is 7.58. The molecule has 0 saturated heterocycles. The van der Waals surface area contributed by atoms with Gasteiger partial charge in [0, 0.05) is 6.20 Å². The van der Waals surface area contributed by atoms with E-state index >= 15 is 0 Å². The fraction of sp³-hybridized carbons (Fsp3) is 0.143. The first-order valence-electron chi connectivity index (χ1n) is 2.96. The van der Waals surface area contributed by atoms with Crippen molar-refractivity contribution < 1.29 is 0 Å². The molecule has 0 bridgehead atoms. The minimum absolute atomic E-state index is 0.148. The number of hydrogen-bond donors (Lipinski definition) is 0. The van der Waals surface area contributed by atoms with Gasteiger partial charge in [-0.2, -0.15) is 10.5 Å². The van der Waals surface area contributed by atoms with Gasteiger partial charge in [0.1, 0.15) is 17.6 Å². The van der Waals surface area contributed by atoms with Crippen LogP contribution in [0.4, 0.5) is 0 Å². The third kappa shape index (κ3) is 1.74. The Morgan fingerprint density at radius 1 is 1.45 bits per heavy atom. The van der Waals surface area contributed by atoms with Crippen molar-refractivity contribution in [1.82, 2.24) is 9.97 Å². The van der Waals surface area contributed by atoms with Crippen molar-refractivity contribution >= 4 is 0 Å². The van der Waals surface area contributed by atoms with Crippen molar-refractivity contribution in [1.29, 1.82) is 10.5 Å². The van der Waals surface area contributed by atoms with Gasteiger partial charge in [-0.3, -0.25) is 0 Å². The van der Waals surface area contributed by atoms with E-state index < -0.39 is 0 Å². The van der Waals surface area contributed by atoms with Gasteiger partial charge < -0.3 is 0 Å². The molecule has 0 aliphatic heterocycles. The third-order valence-electron chi connectivity index (χ3n) is 1.06. The topological polar surface area (TPSA) is 73.4 Å². The zero-order valence-corrected chi connectivity index (χ0v) is 5.65. The van der Waals surface area contributed by atoms with Crippen molar-refractivity contribution in [2.24, 2.45) is 0 Å². The van der Waals surface area contributed by atoms with Crippen LogP contribution in [0, 0.1) is 22.7 Å². The molecule has 0 saturated carbocycles. The van der Waals surface area contributed by atoms with Crippen molar-refractivity contribution in [2.45, 2.75) is 6.42 Å². The van der Waals surface area contributed by atoms with Crippen LogP contribution < -0.4 is 0 Å². The van der Waals surface area contributed by atoms with Crippen molar-refractivity contribution in [3.63, 3.8) is 0 Å². The fourth-order valence-corrected chi connectivity index (χ4v) is 0.617. The van der Waals surface area contributed by atoms with Crippen molar-refractivity contribution in [2.75, 3.05) is 0 Å². The smallest absolute Gasteiger partial charge is 0.144 e. The Morgan fingerprint density at radius 3 is 2.91 bits per heavy atom. The molecule has 0 unspecified atom stereocenters. The molecular weight excluding hydrogens is 140 g/mol. The fourth-order valence-electron chi connectivity index (χ4n) is 0.617. The molecule has 0 spiro atoms. The van der Waals surface area contributed by atoms with Crippen molar-refractivity contribution in [3.8, 4) is 12.1 Å².